The van der Waals surface area contributed by atoms with Gasteiger partial charge in [-0.1, -0.05) is 32.6 Å². The molecule has 0 aromatic carbocycles. The molecule has 0 aromatic heterocycles. The van der Waals surface area contributed by atoms with Crippen LogP contribution in [-0.2, 0) is 9.36 Å². The summed E-state index contributed by atoms with van der Waals surface area (Å²) in [5.41, 5.74) is 5.24. The molecule has 1 atom stereocenters. The number of nitrogens with two attached hydrogens (primary N) is 1. The molecule has 0 aliphatic heterocycles. The summed E-state index contributed by atoms with van der Waals surface area (Å²) in [5, 5.41) is 6.28. The molecule has 0 bridgehead atoms. The van der Waals surface area contributed by atoms with Crippen LogP contribution in [0, 0.1) is 0 Å². The number of hydrogen-bond acceptors (Lipinski definition) is 3. The van der Waals surface area contributed by atoms with Gasteiger partial charge >= 0.3 is 13.6 Å². The van der Waals surface area contributed by atoms with E-state index in [0.29, 0.717) is 6.42 Å². The lowest BCUT2D eigenvalue weighted by atomic mass is 10.1. The first kappa shape index (κ1) is 14.6. The van der Waals surface area contributed by atoms with Gasteiger partial charge in [-0.25, -0.2) is 4.79 Å². The van der Waals surface area contributed by atoms with Gasteiger partial charge in [0.2, 0.25) is 5.28 Å². The molecule has 0 heterocycles. The van der Waals surface area contributed by atoms with Crippen LogP contribution in [0.15, 0.2) is 0 Å². The van der Waals surface area contributed by atoms with Crippen molar-refractivity contribution in [3.05, 3.63) is 0 Å². The molecular formula is C8H18NO5P. The Hall–Kier alpha value is -0.420. The number of carboxylic acid groups (broad SMARTS) is 1. The summed E-state index contributed by atoms with van der Waals surface area (Å²) in [7, 11) is -4.81. The van der Waals surface area contributed by atoms with Crippen LogP contribution in [0.5, 0.6) is 0 Å². The first-order chi connectivity index (χ1) is 6.75. The van der Waals surface area contributed by atoms with E-state index in [-0.39, 0.29) is 6.42 Å². The standard InChI is InChI=1S/C8H18NO5P/c1-2-3-4-5-6-8(9,7(10)11)15(12,13)14/h2-6,9H2,1H3,(H,10,11)(H2,12,13,14)/t8-/m0/s1. The predicted molar refractivity (Wildman–Crippen MR) is 55.4 cm³/mol. The van der Waals surface area contributed by atoms with Gasteiger partial charge in [-0.3, -0.25) is 4.57 Å². The molecule has 7 heteroatoms. The highest BCUT2D eigenvalue weighted by atomic mass is 31.2. The molecule has 0 spiro atoms. The van der Waals surface area contributed by atoms with E-state index in [0.717, 1.165) is 19.3 Å². The van der Waals surface area contributed by atoms with Crippen molar-refractivity contribution in [2.24, 2.45) is 5.73 Å². The van der Waals surface area contributed by atoms with Gasteiger partial charge in [0.1, 0.15) is 0 Å². The van der Waals surface area contributed by atoms with Crippen LogP contribution in [-0.4, -0.2) is 26.1 Å². The first-order valence-electron chi connectivity index (χ1n) is 4.83. The molecule has 0 unspecified atom stereocenters. The maximum Gasteiger partial charge on any atom is 0.356 e. The molecule has 0 aromatic rings. The fraction of sp³-hybridized carbons (Fsp3) is 0.875. The van der Waals surface area contributed by atoms with Crippen LogP contribution in [0.2, 0.25) is 0 Å². The fourth-order valence-electron chi connectivity index (χ4n) is 1.20. The highest BCUT2D eigenvalue weighted by molar-refractivity contribution is 7.54. The van der Waals surface area contributed by atoms with E-state index in [1.807, 2.05) is 6.92 Å². The van der Waals surface area contributed by atoms with Crippen molar-refractivity contribution in [3.63, 3.8) is 0 Å². The van der Waals surface area contributed by atoms with E-state index in [9.17, 15) is 9.36 Å². The summed E-state index contributed by atoms with van der Waals surface area (Å²) < 4.78 is 10.9. The quantitative estimate of drug-likeness (QED) is 0.386. The minimum Gasteiger partial charge on any atom is -0.479 e. The summed E-state index contributed by atoms with van der Waals surface area (Å²) in [4.78, 5) is 28.5. The van der Waals surface area contributed by atoms with E-state index in [4.69, 9.17) is 20.6 Å². The minimum atomic E-state index is -4.81. The number of rotatable bonds is 7. The van der Waals surface area contributed by atoms with Crippen molar-refractivity contribution in [1.82, 2.24) is 0 Å². The van der Waals surface area contributed by atoms with Crippen molar-refractivity contribution in [3.8, 4) is 0 Å². The molecule has 0 fully saturated rings. The van der Waals surface area contributed by atoms with Crippen molar-refractivity contribution < 1.29 is 24.3 Å². The molecule has 0 saturated carbocycles. The van der Waals surface area contributed by atoms with Crippen molar-refractivity contribution >= 4 is 13.6 Å². The normalized spacial score (nSPS) is 16.0. The molecule has 90 valence electrons. The Kier molecular flexibility index (Phi) is 5.45. The first-order valence-corrected chi connectivity index (χ1v) is 6.45. The zero-order valence-corrected chi connectivity index (χ0v) is 9.61. The third kappa shape index (κ3) is 3.91. The summed E-state index contributed by atoms with van der Waals surface area (Å²) in [5.74, 6) is -1.65. The summed E-state index contributed by atoms with van der Waals surface area (Å²) >= 11 is 0. The van der Waals surface area contributed by atoms with Gasteiger partial charge < -0.3 is 20.6 Å². The van der Waals surface area contributed by atoms with Gasteiger partial charge in [0.05, 0.1) is 0 Å². The van der Waals surface area contributed by atoms with Crippen molar-refractivity contribution in [2.75, 3.05) is 0 Å². The van der Waals surface area contributed by atoms with E-state index >= 15 is 0 Å². The monoisotopic (exact) mass is 239 g/mol. The maximum atomic E-state index is 10.9. The number of aliphatic carboxylic acids is 1. The van der Waals surface area contributed by atoms with Crippen LogP contribution in [0.3, 0.4) is 0 Å². The molecule has 0 rings (SSSR count). The minimum absolute atomic E-state index is 0.202. The Labute approximate surface area is 88.6 Å². The average Bonchev–Trinajstić information content (AvgIpc) is 2.09. The second-order valence-corrected chi connectivity index (χ2v) is 5.47. The largest absolute Gasteiger partial charge is 0.479 e. The SMILES string of the molecule is CCCCCC[C@@](N)(C(=O)O)P(=O)(O)O. The van der Waals surface area contributed by atoms with Gasteiger partial charge in [0.15, 0.2) is 0 Å². The maximum absolute atomic E-state index is 10.9. The Morgan fingerprint density at radius 3 is 2.20 bits per heavy atom. The average molecular weight is 239 g/mol. The lowest BCUT2D eigenvalue weighted by Crippen LogP contribution is -2.47. The predicted octanol–water partition coefficient (Wildman–Crippen LogP) is 0.874. The molecule has 0 saturated heterocycles. The summed E-state index contributed by atoms with van der Waals surface area (Å²) in [6.45, 7) is 1.98. The third-order valence-electron chi connectivity index (χ3n) is 2.30. The molecule has 15 heavy (non-hydrogen) atoms. The topological polar surface area (TPSA) is 121 Å². The van der Waals surface area contributed by atoms with Crippen LogP contribution in [0.25, 0.3) is 0 Å². The third-order valence-corrected chi connectivity index (χ3v) is 3.76. The van der Waals surface area contributed by atoms with Crippen LogP contribution in [0.1, 0.15) is 39.0 Å². The Balaban J connectivity index is 4.42. The second-order valence-electron chi connectivity index (χ2n) is 3.58. The van der Waals surface area contributed by atoms with Gasteiger partial charge in [0.25, 0.3) is 0 Å². The van der Waals surface area contributed by atoms with Gasteiger partial charge in [-0.05, 0) is 6.42 Å². The Bertz CT molecular complexity index is 264. The van der Waals surface area contributed by atoms with E-state index in [2.05, 4.69) is 0 Å². The lowest BCUT2D eigenvalue weighted by molar-refractivity contribution is -0.140. The van der Waals surface area contributed by atoms with Gasteiger partial charge in [-0.15, -0.1) is 0 Å². The number of carbonyl (C=O) groups is 1. The molecule has 0 aliphatic carbocycles. The Morgan fingerprint density at radius 1 is 1.33 bits per heavy atom. The van der Waals surface area contributed by atoms with Crippen molar-refractivity contribution in [1.29, 1.82) is 0 Å². The molecule has 0 radical (unpaired) electrons. The van der Waals surface area contributed by atoms with Gasteiger partial charge in [-0.2, -0.15) is 0 Å². The number of carboxylic acids is 1. The van der Waals surface area contributed by atoms with E-state index in [1.165, 1.54) is 0 Å². The number of unbranched alkanes of at least 4 members (excludes halogenated alkanes) is 3. The van der Waals surface area contributed by atoms with E-state index < -0.39 is 18.8 Å². The number of hydrogen-bond donors (Lipinski definition) is 4. The van der Waals surface area contributed by atoms with Crippen LogP contribution in [0.4, 0.5) is 0 Å². The molecule has 6 nitrogen and oxygen atoms in total. The molecular weight excluding hydrogens is 221 g/mol. The highest BCUT2D eigenvalue weighted by Crippen LogP contribution is 2.49. The zero-order chi connectivity index (χ0) is 12.1. The lowest BCUT2D eigenvalue weighted by Gasteiger charge is -2.25. The zero-order valence-electron chi connectivity index (χ0n) is 8.72. The summed E-state index contributed by atoms with van der Waals surface area (Å²) in [6.07, 6.45) is 2.79. The van der Waals surface area contributed by atoms with Crippen LogP contribution >= 0.6 is 7.60 Å². The highest BCUT2D eigenvalue weighted by Gasteiger charge is 2.49. The second kappa shape index (κ2) is 5.61. The smallest absolute Gasteiger partial charge is 0.356 e. The van der Waals surface area contributed by atoms with Gasteiger partial charge in [0, 0.05) is 0 Å². The molecule has 0 amide bonds. The van der Waals surface area contributed by atoms with Crippen LogP contribution < -0.4 is 5.73 Å². The van der Waals surface area contributed by atoms with E-state index in [1.54, 1.807) is 0 Å². The van der Waals surface area contributed by atoms with Crippen molar-refractivity contribution in [2.45, 2.75) is 44.3 Å². The molecule has 0 aliphatic rings. The summed E-state index contributed by atoms with van der Waals surface area (Å²) in [6, 6.07) is 0. The fourth-order valence-corrected chi connectivity index (χ4v) is 1.90. The molecule has 5 N–H and O–H groups in total. The Morgan fingerprint density at radius 2 is 1.87 bits per heavy atom.